The van der Waals surface area contributed by atoms with Crippen molar-refractivity contribution in [3.05, 3.63) is 65.8 Å². The van der Waals surface area contributed by atoms with Gasteiger partial charge in [-0.25, -0.2) is 0 Å². The Morgan fingerprint density at radius 1 is 1.11 bits per heavy atom. The number of benzene rings is 2. The SMILES string of the molecule is C=CCOc1ccc(C2/C(=C(\O)c3ccc4c(c3)OCCO4)C(=O)C(=O)N2CCCOC)cc1OCC. The van der Waals surface area contributed by atoms with E-state index in [1.165, 1.54) is 4.90 Å². The highest BCUT2D eigenvalue weighted by atomic mass is 16.6. The molecule has 2 aliphatic heterocycles. The quantitative estimate of drug-likeness (QED) is 0.160. The number of aliphatic hydroxyl groups excluding tert-OH is 1. The third kappa shape index (κ3) is 5.41. The highest BCUT2D eigenvalue weighted by Crippen LogP contribution is 2.43. The summed E-state index contributed by atoms with van der Waals surface area (Å²) in [5.41, 5.74) is 0.937. The van der Waals surface area contributed by atoms with Crippen LogP contribution in [0.5, 0.6) is 23.0 Å². The summed E-state index contributed by atoms with van der Waals surface area (Å²) in [4.78, 5) is 27.9. The Hall–Kier alpha value is -3.98. The van der Waals surface area contributed by atoms with E-state index in [9.17, 15) is 14.7 Å². The number of hydrogen-bond donors (Lipinski definition) is 1. The van der Waals surface area contributed by atoms with Gasteiger partial charge in [0.2, 0.25) is 0 Å². The summed E-state index contributed by atoms with van der Waals surface area (Å²) in [6, 6.07) is 9.30. The number of fused-ring (bicyclic) bond motifs is 1. The van der Waals surface area contributed by atoms with Crippen LogP contribution >= 0.6 is 0 Å². The molecule has 0 bridgehead atoms. The summed E-state index contributed by atoms with van der Waals surface area (Å²) in [6.45, 7) is 7.68. The second-order valence-corrected chi connectivity index (χ2v) is 8.44. The van der Waals surface area contributed by atoms with Crippen LogP contribution in [0.15, 0.2) is 54.6 Å². The van der Waals surface area contributed by atoms with Gasteiger partial charge in [0.25, 0.3) is 11.7 Å². The van der Waals surface area contributed by atoms with Crippen molar-refractivity contribution in [2.45, 2.75) is 19.4 Å². The van der Waals surface area contributed by atoms with Crippen LogP contribution < -0.4 is 18.9 Å². The normalized spacial score (nSPS) is 18.1. The van der Waals surface area contributed by atoms with E-state index in [-0.39, 0.29) is 17.9 Å². The first-order chi connectivity index (χ1) is 18.0. The van der Waals surface area contributed by atoms with E-state index in [4.69, 9.17) is 23.7 Å². The maximum Gasteiger partial charge on any atom is 0.295 e. The van der Waals surface area contributed by atoms with Gasteiger partial charge >= 0.3 is 0 Å². The zero-order valence-electron chi connectivity index (χ0n) is 21.0. The fourth-order valence-corrected chi connectivity index (χ4v) is 4.41. The van der Waals surface area contributed by atoms with Crippen LogP contribution in [0.2, 0.25) is 0 Å². The molecule has 4 rings (SSSR count). The summed E-state index contributed by atoms with van der Waals surface area (Å²) >= 11 is 0. The number of ketones is 1. The first kappa shape index (κ1) is 26.1. The lowest BCUT2D eigenvalue weighted by Gasteiger charge is -2.26. The number of carbonyl (C=O) groups excluding carboxylic acids is 2. The first-order valence-corrected chi connectivity index (χ1v) is 12.2. The minimum atomic E-state index is -0.835. The molecule has 196 valence electrons. The van der Waals surface area contributed by atoms with Crippen LogP contribution in [0, 0.1) is 0 Å². The van der Waals surface area contributed by atoms with Gasteiger partial charge in [0.05, 0.1) is 18.2 Å². The van der Waals surface area contributed by atoms with E-state index >= 15 is 0 Å². The van der Waals surface area contributed by atoms with Crippen molar-refractivity contribution < 1.29 is 38.4 Å². The summed E-state index contributed by atoms with van der Waals surface area (Å²) in [7, 11) is 1.57. The molecule has 2 aliphatic rings. The minimum absolute atomic E-state index is 0.0127. The molecule has 37 heavy (non-hydrogen) atoms. The maximum atomic E-state index is 13.3. The van der Waals surface area contributed by atoms with Crippen molar-refractivity contribution >= 4 is 17.4 Å². The number of methoxy groups -OCH3 is 1. The molecule has 0 aliphatic carbocycles. The number of hydrogen-bond acceptors (Lipinski definition) is 8. The third-order valence-corrected chi connectivity index (χ3v) is 6.04. The van der Waals surface area contributed by atoms with Gasteiger partial charge in [0.15, 0.2) is 23.0 Å². The molecule has 0 saturated carbocycles. The number of likely N-dealkylation sites (tertiary alicyclic amines) is 1. The molecule has 0 aromatic heterocycles. The van der Waals surface area contributed by atoms with Crippen molar-refractivity contribution in [3.8, 4) is 23.0 Å². The Bertz CT molecular complexity index is 1200. The first-order valence-electron chi connectivity index (χ1n) is 12.2. The highest BCUT2D eigenvalue weighted by Gasteiger charge is 2.46. The Balaban J connectivity index is 1.82. The van der Waals surface area contributed by atoms with E-state index in [2.05, 4.69) is 6.58 Å². The molecule has 0 radical (unpaired) electrons. The van der Waals surface area contributed by atoms with Crippen LogP contribution in [0.25, 0.3) is 5.76 Å². The van der Waals surface area contributed by atoms with Crippen molar-refractivity contribution in [1.82, 2.24) is 4.90 Å². The van der Waals surface area contributed by atoms with Gasteiger partial charge in [0, 0.05) is 25.8 Å². The van der Waals surface area contributed by atoms with E-state index in [1.54, 1.807) is 49.6 Å². The van der Waals surface area contributed by atoms with Gasteiger partial charge in [-0.05, 0) is 49.2 Å². The minimum Gasteiger partial charge on any atom is -0.507 e. The van der Waals surface area contributed by atoms with E-state index in [0.717, 1.165) is 0 Å². The second-order valence-electron chi connectivity index (χ2n) is 8.44. The molecule has 1 unspecified atom stereocenters. The lowest BCUT2D eigenvalue weighted by Crippen LogP contribution is -2.31. The van der Waals surface area contributed by atoms with Gasteiger partial charge in [-0.3, -0.25) is 9.59 Å². The van der Waals surface area contributed by atoms with Gasteiger partial charge in [-0.2, -0.15) is 0 Å². The van der Waals surface area contributed by atoms with E-state index < -0.39 is 17.7 Å². The Morgan fingerprint density at radius 2 is 1.89 bits per heavy atom. The summed E-state index contributed by atoms with van der Waals surface area (Å²) in [5.74, 6) is 0.237. The number of Topliss-reactive ketones (excluding diaryl/α,β-unsaturated/α-hetero) is 1. The molecule has 1 N–H and O–H groups in total. The van der Waals surface area contributed by atoms with Gasteiger partial charge in [0.1, 0.15) is 25.6 Å². The molecule has 1 atom stereocenters. The van der Waals surface area contributed by atoms with E-state index in [1.807, 2.05) is 6.92 Å². The van der Waals surface area contributed by atoms with Crippen LogP contribution in [0.4, 0.5) is 0 Å². The van der Waals surface area contributed by atoms with Crippen molar-refractivity contribution in [1.29, 1.82) is 0 Å². The summed E-state index contributed by atoms with van der Waals surface area (Å²) < 4.78 is 27.8. The number of ether oxygens (including phenoxy) is 5. The average Bonchev–Trinajstić information content (AvgIpc) is 3.17. The molecule has 9 heteroatoms. The monoisotopic (exact) mass is 509 g/mol. The molecule has 2 heterocycles. The van der Waals surface area contributed by atoms with Crippen LogP contribution in [0.3, 0.4) is 0 Å². The molecule has 2 aromatic carbocycles. The molecular weight excluding hydrogens is 478 g/mol. The number of carbonyl (C=O) groups is 2. The zero-order valence-corrected chi connectivity index (χ0v) is 21.0. The highest BCUT2D eigenvalue weighted by molar-refractivity contribution is 6.46. The van der Waals surface area contributed by atoms with Gasteiger partial charge < -0.3 is 33.7 Å². The third-order valence-electron chi connectivity index (χ3n) is 6.04. The molecule has 0 spiro atoms. The smallest absolute Gasteiger partial charge is 0.295 e. The second kappa shape index (κ2) is 11.8. The summed E-state index contributed by atoms with van der Waals surface area (Å²) in [5, 5.41) is 11.4. The van der Waals surface area contributed by atoms with Crippen molar-refractivity contribution in [2.24, 2.45) is 0 Å². The molecule has 1 amide bonds. The van der Waals surface area contributed by atoms with Gasteiger partial charge in [-0.15, -0.1) is 0 Å². The Morgan fingerprint density at radius 3 is 2.62 bits per heavy atom. The Labute approximate surface area is 215 Å². The standard InChI is InChI=1S/C28H31NO8/c1-4-12-35-20-9-7-18(16-22(20)34-5-2)25-24(27(31)28(32)29(25)11-6-13-33-3)26(30)19-8-10-21-23(17-19)37-15-14-36-21/h4,7-10,16-17,25,30H,1,5-6,11-15H2,2-3H3/b26-24+. The fourth-order valence-electron chi connectivity index (χ4n) is 4.41. The predicted molar refractivity (Wildman–Crippen MR) is 136 cm³/mol. The van der Waals surface area contributed by atoms with Crippen LogP contribution in [-0.4, -0.2) is 68.4 Å². The summed E-state index contributed by atoms with van der Waals surface area (Å²) in [6.07, 6.45) is 2.14. The number of aliphatic hydroxyl groups is 1. The number of amides is 1. The number of nitrogens with zero attached hydrogens (tertiary/aromatic N) is 1. The largest absolute Gasteiger partial charge is 0.507 e. The van der Waals surface area contributed by atoms with Crippen molar-refractivity contribution in [3.63, 3.8) is 0 Å². The average molecular weight is 510 g/mol. The zero-order chi connectivity index (χ0) is 26.4. The maximum absolute atomic E-state index is 13.3. The number of rotatable bonds is 11. The van der Waals surface area contributed by atoms with Gasteiger partial charge in [-0.1, -0.05) is 18.7 Å². The predicted octanol–water partition coefficient (Wildman–Crippen LogP) is 3.88. The lowest BCUT2D eigenvalue weighted by atomic mass is 9.94. The molecule has 2 aromatic rings. The molecule has 1 fully saturated rings. The lowest BCUT2D eigenvalue weighted by molar-refractivity contribution is -0.140. The fraction of sp³-hybridized carbons (Fsp3) is 0.357. The molecular formula is C28H31NO8. The topological polar surface area (TPSA) is 104 Å². The van der Waals surface area contributed by atoms with Crippen molar-refractivity contribution in [2.75, 3.05) is 46.7 Å². The molecule has 1 saturated heterocycles. The Kier molecular flexibility index (Phi) is 8.35. The van der Waals surface area contributed by atoms with Crippen LogP contribution in [-0.2, 0) is 14.3 Å². The molecule has 9 nitrogen and oxygen atoms in total. The van der Waals surface area contributed by atoms with Crippen LogP contribution in [0.1, 0.15) is 30.5 Å². The van der Waals surface area contributed by atoms with E-state index in [0.29, 0.717) is 73.6 Å².